The second kappa shape index (κ2) is 18.7. The maximum Gasteiger partial charge on any atom is 0.305 e. The van der Waals surface area contributed by atoms with Crippen molar-refractivity contribution >= 4 is 11.9 Å². The van der Waals surface area contributed by atoms with Crippen molar-refractivity contribution in [2.75, 3.05) is 47.4 Å². The Labute approximate surface area is 187 Å². The Kier molecular flexibility index (Phi) is 18.0. The Morgan fingerprint density at radius 2 is 1.23 bits per heavy atom. The molecular weight excluding hydrogens is 376 g/mol. The second-order valence-electron chi connectivity index (χ2n) is 9.65. The molecule has 0 fully saturated rings. The van der Waals surface area contributed by atoms with Crippen LogP contribution < -0.4 is 0 Å². The van der Waals surface area contributed by atoms with E-state index in [0.717, 1.165) is 49.7 Å². The van der Waals surface area contributed by atoms with Crippen molar-refractivity contribution in [3.05, 3.63) is 0 Å². The predicted octanol–water partition coefficient (Wildman–Crippen LogP) is 5.57. The van der Waals surface area contributed by atoms with E-state index in [1.165, 1.54) is 44.9 Å². The van der Waals surface area contributed by atoms with E-state index in [2.05, 4.69) is 35.0 Å². The molecule has 5 heteroatoms. The molecule has 0 aliphatic carbocycles. The Morgan fingerprint density at radius 1 is 0.700 bits per heavy atom. The summed E-state index contributed by atoms with van der Waals surface area (Å²) >= 11 is 0. The summed E-state index contributed by atoms with van der Waals surface area (Å²) in [6, 6.07) is 0. The van der Waals surface area contributed by atoms with Crippen LogP contribution in [0.25, 0.3) is 0 Å². The number of nitrogens with zero attached hydrogens (tertiary/aromatic N) is 2. The van der Waals surface area contributed by atoms with E-state index < -0.39 is 0 Å². The van der Waals surface area contributed by atoms with Crippen LogP contribution in [0.1, 0.15) is 104 Å². The van der Waals surface area contributed by atoms with Gasteiger partial charge in [0.05, 0.1) is 34.2 Å². The highest BCUT2D eigenvalue weighted by Gasteiger charge is 2.16. The molecule has 0 aliphatic rings. The van der Waals surface area contributed by atoms with E-state index in [0.29, 0.717) is 26.0 Å². The van der Waals surface area contributed by atoms with Gasteiger partial charge < -0.3 is 14.1 Å². The number of carbonyl (C=O) groups is 2. The minimum absolute atomic E-state index is 0.124. The highest BCUT2D eigenvalue weighted by molar-refractivity contribution is 5.76. The zero-order chi connectivity index (χ0) is 22.7. The van der Waals surface area contributed by atoms with Gasteiger partial charge in [-0.2, -0.15) is 0 Å². The Bertz CT molecular complexity index is 433. The molecule has 0 N–H and O–H groups in total. The first-order valence-corrected chi connectivity index (χ1v) is 12.5. The zero-order valence-corrected chi connectivity index (χ0v) is 20.8. The third-order valence-corrected chi connectivity index (χ3v) is 5.46. The number of rotatable bonds is 20. The highest BCUT2D eigenvalue weighted by Crippen LogP contribution is 2.10. The third-order valence-electron chi connectivity index (χ3n) is 5.46. The molecule has 0 aromatic carbocycles. The fourth-order valence-corrected chi connectivity index (χ4v) is 3.53. The maximum absolute atomic E-state index is 12.7. The molecule has 0 aliphatic heterocycles. The van der Waals surface area contributed by atoms with Gasteiger partial charge in [-0.25, -0.2) is 0 Å². The molecular formula is C25H51N2O3+. The van der Waals surface area contributed by atoms with Gasteiger partial charge in [-0.05, 0) is 12.8 Å². The predicted molar refractivity (Wildman–Crippen MR) is 126 cm³/mol. The number of hydrogen-bond donors (Lipinski definition) is 0. The Morgan fingerprint density at radius 3 is 1.80 bits per heavy atom. The summed E-state index contributed by atoms with van der Waals surface area (Å²) in [4.78, 5) is 26.6. The van der Waals surface area contributed by atoms with E-state index in [4.69, 9.17) is 4.74 Å². The van der Waals surface area contributed by atoms with Crippen molar-refractivity contribution in [3.63, 3.8) is 0 Å². The lowest BCUT2D eigenvalue weighted by atomic mass is 10.1. The van der Waals surface area contributed by atoms with Crippen molar-refractivity contribution in [2.24, 2.45) is 0 Å². The monoisotopic (exact) mass is 427 g/mol. The first-order chi connectivity index (χ1) is 14.3. The SMILES string of the molecule is CCCCCCCCC(=O)N(CCC[N+](C)(C)C)CCOC(=O)CCCCCCC. The van der Waals surface area contributed by atoms with Crippen LogP contribution in [0.4, 0.5) is 0 Å². The highest BCUT2D eigenvalue weighted by atomic mass is 16.5. The van der Waals surface area contributed by atoms with Crippen LogP contribution in [-0.2, 0) is 14.3 Å². The third kappa shape index (κ3) is 18.9. The molecule has 0 saturated heterocycles. The van der Waals surface area contributed by atoms with Gasteiger partial charge in [0, 0.05) is 25.8 Å². The van der Waals surface area contributed by atoms with Crippen LogP contribution in [0, 0.1) is 0 Å². The topological polar surface area (TPSA) is 46.6 Å². The van der Waals surface area contributed by atoms with Crippen LogP contribution in [0.15, 0.2) is 0 Å². The average molecular weight is 428 g/mol. The first kappa shape index (κ1) is 28.9. The Balaban J connectivity index is 4.24. The van der Waals surface area contributed by atoms with Gasteiger partial charge in [-0.3, -0.25) is 9.59 Å². The van der Waals surface area contributed by atoms with Crippen molar-refractivity contribution in [3.8, 4) is 0 Å². The van der Waals surface area contributed by atoms with Crippen molar-refractivity contribution in [1.82, 2.24) is 4.90 Å². The van der Waals surface area contributed by atoms with Gasteiger partial charge in [0.25, 0.3) is 0 Å². The lowest BCUT2D eigenvalue weighted by molar-refractivity contribution is -0.870. The van der Waals surface area contributed by atoms with Crippen LogP contribution in [-0.4, -0.2) is 68.6 Å². The lowest BCUT2D eigenvalue weighted by Gasteiger charge is -2.27. The van der Waals surface area contributed by atoms with Crippen LogP contribution in [0.5, 0.6) is 0 Å². The van der Waals surface area contributed by atoms with Gasteiger partial charge in [0.1, 0.15) is 6.61 Å². The van der Waals surface area contributed by atoms with Gasteiger partial charge in [-0.15, -0.1) is 0 Å². The largest absolute Gasteiger partial charge is 0.464 e. The summed E-state index contributed by atoms with van der Waals surface area (Å²) in [7, 11) is 6.51. The quantitative estimate of drug-likeness (QED) is 0.145. The zero-order valence-electron chi connectivity index (χ0n) is 20.8. The summed E-state index contributed by atoms with van der Waals surface area (Å²) < 4.78 is 6.30. The van der Waals surface area contributed by atoms with E-state index in [1.807, 2.05) is 4.90 Å². The molecule has 0 unspecified atom stereocenters. The molecule has 0 bridgehead atoms. The van der Waals surface area contributed by atoms with Crippen molar-refractivity contribution in [1.29, 1.82) is 0 Å². The smallest absolute Gasteiger partial charge is 0.305 e. The second-order valence-corrected chi connectivity index (χ2v) is 9.65. The molecule has 5 nitrogen and oxygen atoms in total. The van der Waals surface area contributed by atoms with E-state index in [1.54, 1.807) is 0 Å². The number of quaternary nitrogens is 1. The summed E-state index contributed by atoms with van der Waals surface area (Å²) in [6.07, 6.45) is 14.8. The van der Waals surface area contributed by atoms with Crippen molar-refractivity contribution in [2.45, 2.75) is 104 Å². The molecule has 178 valence electrons. The molecule has 0 spiro atoms. The molecule has 0 radical (unpaired) electrons. The molecule has 0 saturated carbocycles. The average Bonchev–Trinajstić information content (AvgIpc) is 2.68. The number of amides is 1. The standard InChI is InChI=1S/C25H51N2O3/c1-6-8-10-12-14-15-18-24(28)26(20-17-22-27(3,4)5)21-23-30-25(29)19-16-13-11-9-7-2/h6-23H2,1-5H3/q+1. The number of esters is 1. The molecule has 30 heavy (non-hydrogen) atoms. The summed E-state index contributed by atoms with van der Waals surface area (Å²) in [6.45, 7) is 7.02. The van der Waals surface area contributed by atoms with Crippen molar-refractivity contribution < 1.29 is 18.8 Å². The van der Waals surface area contributed by atoms with Crippen LogP contribution in [0.2, 0.25) is 0 Å². The number of carbonyl (C=O) groups excluding carboxylic acids is 2. The summed E-state index contributed by atoms with van der Waals surface area (Å²) in [5.74, 6) is 0.0868. The Hall–Kier alpha value is -1.10. The molecule has 0 rings (SSSR count). The van der Waals surface area contributed by atoms with Crippen LogP contribution in [0.3, 0.4) is 0 Å². The number of hydrogen-bond acceptors (Lipinski definition) is 3. The lowest BCUT2D eigenvalue weighted by Crippen LogP contribution is -2.40. The molecule has 1 amide bonds. The van der Waals surface area contributed by atoms with Crippen LogP contribution >= 0.6 is 0 Å². The van der Waals surface area contributed by atoms with Gasteiger partial charge in [0.15, 0.2) is 0 Å². The van der Waals surface area contributed by atoms with E-state index >= 15 is 0 Å². The molecule has 0 aromatic rings. The minimum atomic E-state index is -0.124. The number of unbranched alkanes of at least 4 members (excludes halogenated alkanes) is 9. The fraction of sp³-hybridized carbons (Fsp3) is 0.920. The fourth-order valence-electron chi connectivity index (χ4n) is 3.53. The summed E-state index contributed by atoms with van der Waals surface area (Å²) in [5.41, 5.74) is 0. The van der Waals surface area contributed by atoms with Gasteiger partial charge in [-0.1, -0.05) is 71.6 Å². The normalized spacial score (nSPS) is 11.5. The molecule has 0 aromatic heterocycles. The molecule has 0 atom stereocenters. The maximum atomic E-state index is 12.7. The van der Waals surface area contributed by atoms with Gasteiger partial charge in [0.2, 0.25) is 5.91 Å². The minimum Gasteiger partial charge on any atom is -0.464 e. The van der Waals surface area contributed by atoms with E-state index in [-0.39, 0.29) is 11.9 Å². The molecule has 0 heterocycles. The van der Waals surface area contributed by atoms with E-state index in [9.17, 15) is 9.59 Å². The number of ether oxygens (including phenoxy) is 1. The first-order valence-electron chi connectivity index (χ1n) is 12.5. The van der Waals surface area contributed by atoms with Gasteiger partial charge >= 0.3 is 5.97 Å². The summed E-state index contributed by atoms with van der Waals surface area (Å²) in [5, 5.41) is 0.